The van der Waals surface area contributed by atoms with E-state index in [4.69, 9.17) is 9.84 Å². The molecule has 1 saturated heterocycles. The summed E-state index contributed by atoms with van der Waals surface area (Å²) in [5, 5.41) is 36.8. The molecule has 0 aromatic heterocycles. The second-order valence-electron chi connectivity index (χ2n) is 10.7. The third-order valence-corrected chi connectivity index (χ3v) is 8.64. The fourth-order valence-corrected chi connectivity index (χ4v) is 5.98. The van der Waals surface area contributed by atoms with Crippen LogP contribution >= 0.6 is 11.8 Å². The number of amides is 2. The number of hydrogen-bond donors (Lipinski definition) is 4. The highest BCUT2D eigenvalue weighted by atomic mass is 32.2. The van der Waals surface area contributed by atoms with Crippen LogP contribution in [0.1, 0.15) is 103 Å². The Bertz CT molecular complexity index is 680. The smallest absolute Gasteiger partial charge is 0.306 e. The number of nitrogens with zero attached hydrogens (tertiary/aromatic N) is 1. The summed E-state index contributed by atoms with van der Waals surface area (Å²) in [5.41, 5.74) is 0. The second kappa shape index (κ2) is 22.5. The van der Waals surface area contributed by atoms with E-state index >= 15 is 0 Å². The first-order valence-electron chi connectivity index (χ1n) is 14.9. The molecular weight excluding hydrogens is 522 g/mol. The summed E-state index contributed by atoms with van der Waals surface area (Å²) >= 11 is 1.41. The predicted octanol–water partition coefficient (Wildman–Crippen LogP) is 3.44. The molecule has 228 valence electrons. The van der Waals surface area contributed by atoms with Crippen LogP contribution in [0, 0.1) is 11.8 Å². The van der Waals surface area contributed by atoms with E-state index in [1.807, 2.05) is 6.26 Å². The van der Waals surface area contributed by atoms with E-state index in [1.54, 1.807) is 0 Å². The molecule has 0 spiro atoms. The van der Waals surface area contributed by atoms with Crippen molar-refractivity contribution in [2.75, 3.05) is 39.2 Å². The van der Waals surface area contributed by atoms with Crippen molar-refractivity contribution in [1.29, 1.82) is 0 Å². The van der Waals surface area contributed by atoms with Crippen LogP contribution in [-0.4, -0.2) is 93.7 Å². The molecule has 4 atom stereocenters. The quantitative estimate of drug-likeness (QED) is 0.0731. The summed E-state index contributed by atoms with van der Waals surface area (Å²) in [4.78, 5) is 38.3. The van der Waals surface area contributed by atoms with Gasteiger partial charge in [-0.1, -0.05) is 12.8 Å². The number of carbonyl (C=O) groups excluding carboxylic acids is 3. The molecule has 0 radical (unpaired) electrons. The lowest BCUT2D eigenvalue weighted by molar-refractivity contribution is -0.150. The molecule has 0 aliphatic carbocycles. The van der Waals surface area contributed by atoms with Crippen molar-refractivity contribution in [3.8, 4) is 0 Å². The minimum absolute atomic E-state index is 0.0980. The van der Waals surface area contributed by atoms with E-state index in [-0.39, 0.29) is 67.9 Å². The van der Waals surface area contributed by atoms with Crippen molar-refractivity contribution >= 4 is 29.5 Å². The molecule has 10 heteroatoms. The number of carbonyl (C=O) groups is 3. The summed E-state index contributed by atoms with van der Waals surface area (Å²) in [6.45, 7) is 0.892. The van der Waals surface area contributed by atoms with E-state index in [1.165, 1.54) is 16.7 Å². The molecule has 0 saturated carbocycles. The lowest BCUT2D eigenvalue weighted by Gasteiger charge is -2.23. The van der Waals surface area contributed by atoms with Gasteiger partial charge >= 0.3 is 5.97 Å². The van der Waals surface area contributed by atoms with Crippen LogP contribution in [0.4, 0.5) is 0 Å². The summed E-state index contributed by atoms with van der Waals surface area (Å²) in [6, 6.07) is 0. The molecule has 9 nitrogen and oxygen atoms in total. The lowest BCUT2D eigenvalue weighted by atomic mass is 9.90. The summed E-state index contributed by atoms with van der Waals surface area (Å²) in [6.07, 6.45) is 12.7. The SMILES string of the molecule is CSC1CC(=O)N(CCCCCC(=O)OC(CCCC(CCO)CCCO)CCC(CCO)CCCO)C1=O. The van der Waals surface area contributed by atoms with E-state index < -0.39 is 0 Å². The molecule has 1 rings (SSSR count). The highest BCUT2D eigenvalue weighted by molar-refractivity contribution is 8.00. The maximum absolute atomic E-state index is 12.7. The zero-order chi connectivity index (χ0) is 28.9. The number of thioether (sulfide) groups is 1. The highest BCUT2D eigenvalue weighted by Gasteiger charge is 2.37. The van der Waals surface area contributed by atoms with Gasteiger partial charge in [0.15, 0.2) is 0 Å². The minimum Gasteiger partial charge on any atom is -0.462 e. The summed E-state index contributed by atoms with van der Waals surface area (Å²) in [7, 11) is 0. The van der Waals surface area contributed by atoms with E-state index in [2.05, 4.69) is 0 Å². The van der Waals surface area contributed by atoms with Gasteiger partial charge < -0.3 is 25.2 Å². The van der Waals surface area contributed by atoms with Gasteiger partial charge in [-0.2, -0.15) is 11.8 Å². The number of aliphatic hydroxyl groups is 4. The first kappa shape index (κ1) is 35.8. The van der Waals surface area contributed by atoms with Gasteiger partial charge in [0.25, 0.3) is 0 Å². The van der Waals surface area contributed by atoms with Crippen molar-refractivity contribution in [3.05, 3.63) is 0 Å². The molecule has 4 N–H and O–H groups in total. The molecule has 2 amide bonds. The zero-order valence-corrected chi connectivity index (χ0v) is 24.8. The fraction of sp³-hybridized carbons (Fsp3) is 0.897. The molecule has 1 aliphatic rings. The molecule has 0 bridgehead atoms. The standard InChI is InChI=1S/C29H53NO8S/c1-39-26-22-27(35)30(29(26)37)17-4-2-3-12-28(36)38-25(14-13-24(16-21-34)10-7-19-32)11-5-8-23(15-20-33)9-6-18-31/h23-26,31-34H,2-22H2,1H3. The van der Waals surface area contributed by atoms with Gasteiger partial charge in [-0.15, -0.1) is 0 Å². The minimum atomic E-state index is -0.265. The van der Waals surface area contributed by atoms with Gasteiger partial charge in [0.05, 0.1) is 5.25 Å². The number of ether oxygens (including phenoxy) is 1. The Morgan fingerprint density at radius 3 is 1.97 bits per heavy atom. The van der Waals surface area contributed by atoms with E-state index in [9.17, 15) is 29.7 Å². The van der Waals surface area contributed by atoms with Gasteiger partial charge in [0.1, 0.15) is 6.10 Å². The molecule has 1 aliphatic heterocycles. The number of imide groups is 1. The molecule has 0 aromatic rings. The molecule has 39 heavy (non-hydrogen) atoms. The largest absolute Gasteiger partial charge is 0.462 e. The molecular formula is C29H53NO8S. The lowest BCUT2D eigenvalue weighted by Crippen LogP contribution is -2.32. The maximum atomic E-state index is 12.7. The van der Waals surface area contributed by atoms with Crippen molar-refractivity contribution in [2.24, 2.45) is 11.8 Å². The summed E-state index contributed by atoms with van der Waals surface area (Å²) in [5.74, 6) is 0.156. The van der Waals surface area contributed by atoms with Crippen LogP contribution < -0.4 is 0 Å². The highest BCUT2D eigenvalue weighted by Crippen LogP contribution is 2.25. The predicted molar refractivity (Wildman–Crippen MR) is 153 cm³/mol. The van der Waals surface area contributed by atoms with Crippen LogP contribution in [0.3, 0.4) is 0 Å². The fourth-order valence-electron chi connectivity index (χ4n) is 5.34. The van der Waals surface area contributed by atoms with E-state index in [0.717, 1.165) is 51.4 Å². The Morgan fingerprint density at radius 2 is 1.41 bits per heavy atom. The normalized spacial score (nSPS) is 18.0. The van der Waals surface area contributed by atoms with Gasteiger partial charge in [-0.05, 0) is 95.1 Å². The Labute approximate surface area is 239 Å². The van der Waals surface area contributed by atoms with Crippen molar-refractivity contribution in [3.63, 3.8) is 0 Å². The van der Waals surface area contributed by atoms with Crippen LogP contribution in [-0.2, 0) is 19.1 Å². The average Bonchev–Trinajstić information content (AvgIpc) is 3.20. The molecule has 1 fully saturated rings. The first-order valence-corrected chi connectivity index (χ1v) is 16.2. The van der Waals surface area contributed by atoms with Crippen molar-refractivity contribution in [1.82, 2.24) is 4.90 Å². The van der Waals surface area contributed by atoms with Gasteiger partial charge in [-0.3, -0.25) is 19.3 Å². The van der Waals surface area contributed by atoms with Crippen LogP contribution in [0.2, 0.25) is 0 Å². The van der Waals surface area contributed by atoms with Gasteiger partial charge in [-0.25, -0.2) is 0 Å². The average molecular weight is 576 g/mol. The Kier molecular flexibility index (Phi) is 20.7. The van der Waals surface area contributed by atoms with Crippen LogP contribution in [0.15, 0.2) is 0 Å². The molecule has 1 heterocycles. The third-order valence-electron chi connectivity index (χ3n) is 7.70. The van der Waals surface area contributed by atoms with E-state index in [0.29, 0.717) is 57.4 Å². The zero-order valence-electron chi connectivity index (χ0n) is 23.9. The number of rotatable bonds is 25. The number of likely N-dealkylation sites (tertiary alicyclic amines) is 1. The first-order chi connectivity index (χ1) is 18.9. The number of hydrogen-bond acceptors (Lipinski definition) is 9. The summed E-state index contributed by atoms with van der Waals surface area (Å²) < 4.78 is 5.89. The topological polar surface area (TPSA) is 145 Å². The van der Waals surface area contributed by atoms with Gasteiger partial charge in [0.2, 0.25) is 11.8 Å². The number of esters is 1. The number of aliphatic hydroxyl groups excluding tert-OH is 4. The Morgan fingerprint density at radius 1 is 0.795 bits per heavy atom. The number of unbranched alkanes of at least 4 members (excludes halogenated alkanes) is 2. The molecule has 4 unspecified atom stereocenters. The second-order valence-corrected chi connectivity index (χ2v) is 11.8. The van der Waals surface area contributed by atoms with Crippen molar-refractivity contribution in [2.45, 2.75) is 114 Å². The monoisotopic (exact) mass is 575 g/mol. The molecule has 0 aromatic carbocycles. The van der Waals surface area contributed by atoms with Crippen LogP contribution in [0.25, 0.3) is 0 Å². The van der Waals surface area contributed by atoms with Crippen molar-refractivity contribution < 1.29 is 39.5 Å². The third kappa shape index (κ3) is 15.4. The van der Waals surface area contributed by atoms with Crippen LogP contribution in [0.5, 0.6) is 0 Å². The van der Waals surface area contributed by atoms with Gasteiger partial charge in [0, 0.05) is 45.8 Å². The maximum Gasteiger partial charge on any atom is 0.306 e. The Hall–Kier alpha value is -1.20. The Balaban J connectivity index is 2.52.